The lowest BCUT2D eigenvalue weighted by molar-refractivity contribution is -0.114. The van der Waals surface area contributed by atoms with E-state index in [1.807, 2.05) is 32.0 Å². The molecule has 6 nitrogen and oxygen atoms in total. The van der Waals surface area contributed by atoms with E-state index in [4.69, 9.17) is 4.74 Å². The standard InChI is InChI=1S/C27H24IN3O3S/c1-6-34-27(33)26-17(4)22(14-30)25(35-26)12-24(32)20(13-29)10-19-9-16(3)31(18(19)5)21-8-7-15(2)23(28)11-21/h7-11H,6,12H2,1-5H3/b20-10+. The number of esters is 1. The van der Waals surface area contributed by atoms with Crippen LogP contribution in [0.1, 0.15) is 55.1 Å². The number of ether oxygens (including phenoxy) is 1. The van der Waals surface area contributed by atoms with Crippen LogP contribution < -0.4 is 0 Å². The summed E-state index contributed by atoms with van der Waals surface area (Å²) >= 11 is 3.38. The molecule has 0 saturated heterocycles. The molecule has 0 aliphatic carbocycles. The largest absolute Gasteiger partial charge is 0.462 e. The van der Waals surface area contributed by atoms with E-state index in [-0.39, 0.29) is 24.2 Å². The van der Waals surface area contributed by atoms with Crippen molar-refractivity contribution in [3.05, 3.63) is 76.8 Å². The smallest absolute Gasteiger partial charge is 0.348 e. The van der Waals surface area contributed by atoms with E-state index in [9.17, 15) is 20.1 Å². The Labute approximate surface area is 222 Å². The zero-order chi connectivity index (χ0) is 25.9. The first-order chi connectivity index (χ1) is 16.6. The summed E-state index contributed by atoms with van der Waals surface area (Å²) in [6.07, 6.45) is 1.46. The van der Waals surface area contributed by atoms with Gasteiger partial charge in [0, 0.05) is 31.9 Å². The van der Waals surface area contributed by atoms with Crippen LogP contribution in [0.15, 0.2) is 29.8 Å². The van der Waals surface area contributed by atoms with E-state index < -0.39 is 11.8 Å². The third-order valence-corrected chi connectivity index (χ3v) is 8.15. The zero-order valence-corrected chi connectivity index (χ0v) is 23.1. The molecular formula is C27H24IN3O3S. The predicted molar refractivity (Wildman–Crippen MR) is 145 cm³/mol. The number of carbonyl (C=O) groups is 2. The van der Waals surface area contributed by atoms with Crippen LogP contribution in [0.2, 0.25) is 0 Å². The quantitative estimate of drug-likeness (QED) is 0.141. The first kappa shape index (κ1) is 26.4. The van der Waals surface area contributed by atoms with E-state index in [1.54, 1.807) is 19.9 Å². The normalized spacial score (nSPS) is 11.1. The van der Waals surface area contributed by atoms with Gasteiger partial charge >= 0.3 is 5.97 Å². The number of nitriles is 2. The van der Waals surface area contributed by atoms with Crippen molar-refractivity contribution in [3.63, 3.8) is 0 Å². The van der Waals surface area contributed by atoms with Gasteiger partial charge in [-0.05, 0) is 98.2 Å². The highest BCUT2D eigenvalue weighted by Crippen LogP contribution is 2.30. The Morgan fingerprint density at radius 3 is 2.49 bits per heavy atom. The van der Waals surface area contributed by atoms with Gasteiger partial charge in [-0.2, -0.15) is 10.5 Å². The molecule has 0 saturated carbocycles. The summed E-state index contributed by atoms with van der Waals surface area (Å²) in [7, 11) is 0. The minimum absolute atomic E-state index is 0.00337. The van der Waals surface area contributed by atoms with Crippen LogP contribution >= 0.6 is 33.9 Å². The van der Waals surface area contributed by atoms with Gasteiger partial charge in [0.15, 0.2) is 5.78 Å². The lowest BCUT2D eigenvalue weighted by Crippen LogP contribution is -2.05. The topological polar surface area (TPSA) is 95.9 Å². The number of rotatable bonds is 7. The molecule has 35 heavy (non-hydrogen) atoms. The molecule has 0 fully saturated rings. The second kappa shape index (κ2) is 11.0. The maximum atomic E-state index is 13.1. The molecule has 0 unspecified atom stereocenters. The van der Waals surface area contributed by atoms with Crippen molar-refractivity contribution in [3.8, 4) is 17.8 Å². The second-order valence-corrected chi connectivity index (χ2v) is 10.3. The minimum Gasteiger partial charge on any atom is -0.462 e. The summed E-state index contributed by atoms with van der Waals surface area (Å²) in [5.41, 5.74) is 5.66. The number of aromatic nitrogens is 1. The molecule has 3 rings (SSSR count). The van der Waals surface area contributed by atoms with Crippen molar-refractivity contribution in [2.45, 2.75) is 41.0 Å². The van der Waals surface area contributed by atoms with Crippen molar-refractivity contribution >= 4 is 51.8 Å². The number of allylic oxidation sites excluding steroid dienone is 1. The number of hydrogen-bond donors (Lipinski definition) is 0. The van der Waals surface area contributed by atoms with Gasteiger partial charge in [0.2, 0.25) is 0 Å². The van der Waals surface area contributed by atoms with Crippen molar-refractivity contribution in [1.29, 1.82) is 10.5 Å². The Balaban J connectivity index is 1.96. The summed E-state index contributed by atoms with van der Waals surface area (Å²) in [6, 6.07) is 12.3. The van der Waals surface area contributed by atoms with Crippen molar-refractivity contribution < 1.29 is 14.3 Å². The van der Waals surface area contributed by atoms with Gasteiger partial charge in [-0.1, -0.05) is 6.07 Å². The molecular weight excluding hydrogens is 573 g/mol. The third kappa shape index (κ3) is 5.39. The first-order valence-electron chi connectivity index (χ1n) is 10.9. The number of nitrogens with zero attached hydrogens (tertiary/aromatic N) is 3. The van der Waals surface area contributed by atoms with Gasteiger partial charge in [0.05, 0.1) is 17.7 Å². The Kier molecular flexibility index (Phi) is 8.31. The van der Waals surface area contributed by atoms with Crippen molar-refractivity contribution in [1.82, 2.24) is 4.57 Å². The van der Waals surface area contributed by atoms with E-state index in [1.165, 1.54) is 5.56 Å². The van der Waals surface area contributed by atoms with Gasteiger partial charge in [-0.3, -0.25) is 4.79 Å². The van der Waals surface area contributed by atoms with Gasteiger partial charge in [0.25, 0.3) is 0 Å². The van der Waals surface area contributed by atoms with Gasteiger partial charge in [-0.15, -0.1) is 11.3 Å². The van der Waals surface area contributed by atoms with Crippen LogP contribution in [-0.4, -0.2) is 22.9 Å². The monoisotopic (exact) mass is 597 g/mol. The van der Waals surface area contributed by atoms with Crippen molar-refractivity contribution in [2.24, 2.45) is 0 Å². The van der Waals surface area contributed by atoms with E-state index in [0.717, 1.165) is 37.5 Å². The number of hydrogen-bond acceptors (Lipinski definition) is 6. The van der Waals surface area contributed by atoms with Crippen LogP contribution in [0.4, 0.5) is 0 Å². The highest BCUT2D eigenvalue weighted by atomic mass is 127. The first-order valence-corrected chi connectivity index (χ1v) is 12.8. The molecule has 8 heteroatoms. The van der Waals surface area contributed by atoms with Crippen LogP contribution in [0, 0.1) is 53.9 Å². The number of carbonyl (C=O) groups excluding carboxylic acids is 2. The number of aryl methyl sites for hydroxylation is 2. The molecule has 0 N–H and O–H groups in total. The molecule has 0 amide bonds. The summed E-state index contributed by atoms with van der Waals surface area (Å²) in [4.78, 5) is 26.1. The van der Waals surface area contributed by atoms with Crippen LogP contribution in [0.5, 0.6) is 0 Å². The molecule has 178 valence electrons. The van der Waals surface area contributed by atoms with E-state index >= 15 is 0 Å². The molecule has 0 radical (unpaired) electrons. The molecule has 2 aromatic heterocycles. The van der Waals surface area contributed by atoms with Crippen LogP contribution in [-0.2, 0) is 16.0 Å². The number of ketones is 1. The average molecular weight is 597 g/mol. The number of halogens is 1. The summed E-state index contributed by atoms with van der Waals surface area (Å²) in [5, 5.41) is 19.3. The van der Waals surface area contributed by atoms with Gasteiger partial charge in [0.1, 0.15) is 17.0 Å². The van der Waals surface area contributed by atoms with Crippen molar-refractivity contribution in [2.75, 3.05) is 6.61 Å². The molecule has 3 aromatic rings. The SMILES string of the molecule is CCOC(=O)c1sc(CC(=O)/C(C#N)=C/c2cc(C)n(-c3ccc(C)c(I)c3)c2C)c(C#N)c1C. The molecule has 2 heterocycles. The maximum Gasteiger partial charge on any atom is 0.348 e. The summed E-state index contributed by atoms with van der Waals surface area (Å²) in [6.45, 7) is 9.58. The Bertz CT molecular complexity index is 1450. The van der Waals surface area contributed by atoms with E-state index in [2.05, 4.69) is 52.3 Å². The van der Waals surface area contributed by atoms with Gasteiger partial charge < -0.3 is 9.30 Å². The fraction of sp³-hybridized carbons (Fsp3) is 0.259. The molecule has 0 atom stereocenters. The fourth-order valence-electron chi connectivity index (χ4n) is 3.86. The predicted octanol–water partition coefficient (Wildman–Crippen LogP) is 6.14. The summed E-state index contributed by atoms with van der Waals surface area (Å²) in [5.74, 6) is -0.921. The zero-order valence-electron chi connectivity index (χ0n) is 20.2. The Morgan fingerprint density at radius 1 is 1.17 bits per heavy atom. The van der Waals surface area contributed by atoms with E-state index in [0.29, 0.717) is 15.3 Å². The van der Waals surface area contributed by atoms with Crippen LogP contribution in [0.3, 0.4) is 0 Å². The molecule has 0 aliphatic rings. The second-order valence-electron chi connectivity index (χ2n) is 8.05. The Morgan fingerprint density at radius 2 is 1.89 bits per heavy atom. The molecule has 0 bridgehead atoms. The molecule has 1 aromatic carbocycles. The lowest BCUT2D eigenvalue weighted by Gasteiger charge is -2.11. The van der Waals surface area contributed by atoms with Crippen LogP contribution in [0.25, 0.3) is 11.8 Å². The number of thiophene rings is 1. The summed E-state index contributed by atoms with van der Waals surface area (Å²) < 4.78 is 8.31. The number of benzene rings is 1. The molecule has 0 spiro atoms. The highest BCUT2D eigenvalue weighted by Gasteiger charge is 2.23. The molecule has 0 aliphatic heterocycles. The Hall–Kier alpha value is -3.21. The average Bonchev–Trinajstić information content (AvgIpc) is 3.28. The fourth-order valence-corrected chi connectivity index (χ4v) is 5.51. The third-order valence-electron chi connectivity index (χ3n) is 5.72. The van der Waals surface area contributed by atoms with Gasteiger partial charge in [-0.25, -0.2) is 4.79 Å². The highest BCUT2D eigenvalue weighted by molar-refractivity contribution is 14.1. The lowest BCUT2D eigenvalue weighted by atomic mass is 10.0. The number of Topliss-reactive ketones (excluding diaryl/α,β-unsaturated/α-hetero) is 1. The maximum absolute atomic E-state index is 13.1. The minimum atomic E-state index is -0.514.